The minimum absolute atomic E-state index is 0.00559. The maximum Gasteiger partial charge on any atom is 0.274 e. The molecule has 27 heavy (non-hydrogen) atoms. The highest BCUT2D eigenvalue weighted by Crippen LogP contribution is 2.28. The Labute approximate surface area is 159 Å². The van der Waals surface area contributed by atoms with E-state index in [1.807, 2.05) is 23.1 Å². The molecule has 1 saturated heterocycles. The molecule has 1 fully saturated rings. The van der Waals surface area contributed by atoms with Gasteiger partial charge in [0, 0.05) is 45.2 Å². The third-order valence-electron chi connectivity index (χ3n) is 5.61. The van der Waals surface area contributed by atoms with Crippen LogP contribution in [-0.4, -0.2) is 57.3 Å². The number of hydrogen-bond donors (Lipinski definition) is 0. The van der Waals surface area contributed by atoms with Gasteiger partial charge in [-0.3, -0.25) is 9.59 Å². The van der Waals surface area contributed by atoms with Crippen molar-refractivity contribution in [2.24, 2.45) is 0 Å². The zero-order valence-electron chi connectivity index (χ0n) is 15.9. The molecule has 2 aliphatic rings. The molecule has 1 aromatic carbocycles. The van der Waals surface area contributed by atoms with E-state index in [0.29, 0.717) is 31.9 Å². The number of rotatable bonds is 2. The average Bonchev–Trinajstić information content (AvgIpc) is 2.89. The lowest BCUT2D eigenvalue weighted by molar-refractivity contribution is -0.130. The number of benzene rings is 1. The van der Waals surface area contributed by atoms with E-state index in [0.717, 1.165) is 42.9 Å². The van der Waals surface area contributed by atoms with Gasteiger partial charge in [0.2, 0.25) is 5.91 Å². The highest BCUT2D eigenvalue weighted by Gasteiger charge is 2.29. The molecule has 0 bridgehead atoms. The fourth-order valence-electron chi connectivity index (χ4n) is 4.07. The van der Waals surface area contributed by atoms with Crippen LogP contribution >= 0.6 is 0 Å². The topological polar surface area (TPSA) is 58.4 Å². The first-order valence-electron chi connectivity index (χ1n) is 9.85. The van der Waals surface area contributed by atoms with Crippen molar-refractivity contribution in [1.29, 1.82) is 0 Å². The highest BCUT2D eigenvalue weighted by atomic mass is 16.2. The molecule has 0 N–H and O–H groups in total. The Kier molecular flexibility index (Phi) is 4.97. The van der Waals surface area contributed by atoms with E-state index >= 15 is 0 Å². The number of carbonyl (C=O) groups is 2. The van der Waals surface area contributed by atoms with Crippen LogP contribution in [0.3, 0.4) is 0 Å². The molecule has 2 amide bonds. The molecule has 2 aliphatic heterocycles. The number of nitrogens with zero attached hydrogens (tertiary/aromatic N) is 4. The number of fused-ring (bicyclic) bond motifs is 1. The molecule has 6 nitrogen and oxygen atoms in total. The van der Waals surface area contributed by atoms with E-state index in [-0.39, 0.29) is 11.8 Å². The van der Waals surface area contributed by atoms with Gasteiger partial charge in [-0.05, 0) is 19.3 Å². The van der Waals surface area contributed by atoms with Gasteiger partial charge in [-0.15, -0.1) is 0 Å². The summed E-state index contributed by atoms with van der Waals surface area (Å²) in [5.41, 5.74) is 2.73. The van der Waals surface area contributed by atoms with Crippen LogP contribution in [0.25, 0.3) is 11.4 Å². The fraction of sp³-hybridized carbons (Fsp3) is 0.476. The maximum atomic E-state index is 13.3. The smallest absolute Gasteiger partial charge is 0.274 e. The second-order valence-electron chi connectivity index (χ2n) is 7.36. The quantitative estimate of drug-likeness (QED) is 0.821. The summed E-state index contributed by atoms with van der Waals surface area (Å²) in [7, 11) is 0. The van der Waals surface area contributed by atoms with Gasteiger partial charge >= 0.3 is 0 Å². The first-order valence-corrected chi connectivity index (χ1v) is 9.85. The molecule has 2 aromatic rings. The van der Waals surface area contributed by atoms with Gasteiger partial charge in [0.15, 0.2) is 0 Å². The van der Waals surface area contributed by atoms with E-state index in [1.165, 1.54) is 6.42 Å². The van der Waals surface area contributed by atoms with E-state index in [1.54, 1.807) is 11.8 Å². The summed E-state index contributed by atoms with van der Waals surface area (Å²) in [5.74, 6) is 0.980. The lowest BCUT2D eigenvalue weighted by Crippen LogP contribution is -2.50. The standard InChI is InChI=1S/C21H26N4O2/c1-16(26)23-12-14-24(15-13-23)21(27)19-18-10-6-3-7-11-25(18)20(22-19)17-8-4-2-5-9-17/h2,4-5,8-9H,3,6-7,10-15H2,1H3. The second kappa shape index (κ2) is 7.55. The molecule has 0 saturated carbocycles. The van der Waals surface area contributed by atoms with Gasteiger partial charge in [-0.1, -0.05) is 36.8 Å². The largest absolute Gasteiger partial charge is 0.339 e. The zero-order chi connectivity index (χ0) is 18.8. The van der Waals surface area contributed by atoms with Crippen LogP contribution in [0.1, 0.15) is 42.4 Å². The molecular weight excluding hydrogens is 340 g/mol. The number of aromatic nitrogens is 2. The molecular formula is C21H26N4O2. The van der Waals surface area contributed by atoms with Gasteiger partial charge in [0.25, 0.3) is 5.91 Å². The summed E-state index contributed by atoms with van der Waals surface area (Å²) >= 11 is 0. The lowest BCUT2D eigenvalue weighted by Gasteiger charge is -2.34. The minimum atomic E-state index is 0.00559. The first kappa shape index (κ1) is 17.8. The lowest BCUT2D eigenvalue weighted by atomic mass is 10.1. The molecule has 0 atom stereocenters. The molecule has 3 heterocycles. The average molecular weight is 366 g/mol. The van der Waals surface area contributed by atoms with E-state index < -0.39 is 0 Å². The summed E-state index contributed by atoms with van der Waals surface area (Å²) in [6.45, 7) is 4.85. The Balaban J connectivity index is 1.65. The van der Waals surface area contributed by atoms with Crippen LogP contribution in [-0.2, 0) is 17.8 Å². The Hall–Kier alpha value is -2.63. The molecule has 0 radical (unpaired) electrons. The van der Waals surface area contributed by atoms with Crippen molar-refractivity contribution >= 4 is 11.8 Å². The zero-order valence-corrected chi connectivity index (χ0v) is 15.9. The minimum Gasteiger partial charge on any atom is -0.339 e. The van der Waals surface area contributed by atoms with Crippen LogP contribution < -0.4 is 0 Å². The van der Waals surface area contributed by atoms with Crippen LogP contribution in [0.2, 0.25) is 0 Å². The van der Waals surface area contributed by atoms with Crippen molar-refractivity contribution in [3.05, 3.63) is 41.7 Å². The summed E-state index contributed by atoms with van der Waals surface area (Å²) in [6, 6.07) is 10.1. The van der Waals surface area contributed by atoms with Crippen molar-refractivity contribution in [3.8, 4) is 11.4 Å². The summed E-state index contributed by atoms with van der Waals surface area (Å²) in [6.07, 6.45) is 4.29. The molecule has 0 spiro atoms. The normalized spacial score (nSPS) is 17.4. The van der Waals surface area contributed by atoms with Crippen molar-refractivity contribution in [2.75, 3.05) is 26.2 Å². The van der Waals surface area contributed by atoms with Gasteiger partial charge in [0.05, 0.1) is 5.69 Å². The summed E-state index contributed by atoms with van der Waals surface area (Å²) in [5, 5.41) is 0. The maximum absolute atomic E-state index is 13.3. The van der Waals surface area contributed by atoms with Crippen LogP contribution in [0.5, 0.6) is 0 Å². The Morgan fingerprint density at radius 3 is 2.30 bits per heavy atom. The van der Waals surface area contributed by atoms with Crippen LogP contribution in [0, 0.1) is 0 Å². The third-order valence-corrected chi connectivity index (χ3v) is 5.61. The van der Waals surface area contributed by atoms with Gasteiger partial charge in [0.1, 0.15) is 11.5 Å². The summed E-state index contributed by atoms with van der Waals surface area (Å²) < 4.78 is 2.25. The molecule has 0 aliphatic carbocycles. The number of hydrogen-bond acceptors (Lipinski definition) is 3. The van der Waals surface area contributed by atoms with Crippen LogP contribution in [0.4, 0.5) is 0 Å². The Morgan fingerprint density at radius 2 is 1.59 bits per heavy atom. The van der Waals surface area contributed by atoms with E-state index in [2.05, 4.69) is 16.7 Å². The second-order valence-corrected chi connectivity index (χ2v) is 7.36. The van der Waals surface area contributed by atoms with E-state index in [4.69, 9.17) is 4.98 Å². The SMILES string of the molecule is CC(=O)N1CCN(C(=O)c2nc(-c3ccccc3)n3c2CCCCC3)CC1. The number of imidazole rings is 1. The van der Waals surface area contributed by atoms with Crippen molar-refractivity contribution < 1.29 is 9.59 Å². The van der Waals surface area contributed by atoms with Gasteiger partial charge in [-0.2, -0.15) is 0 Å². The van der Waals surface area contributed by atoms with Crippen molar-refractivity contribution in [1.82, 2.24) is 19.4 Å². The Bertz CT molecular complexity index is 835. The summed E-state index contributed by atoms with van der Waals surface area (Å²) in [4.78, 5) is 33.3. The predicted molar refractivity (Wildman–Crippen MR) is 103 cm³/mol. The third kappa shape index (κ3) is 3.48. The van der Waals surface area contributed by atoms with Crippen molar-refractivity contribution in [3.63, 3.8) is 0 Å². The highest BCUT2D eigenvalue weighted by molar-refractivity contribution is 5.94. The van der Waals surface area contributed by atoms with Gasteiger partial charge in [-0.25, -0.2) is 4.98 Å². The number of carbonyl (C=O) groups excluding carboxylic acids is 2. The molecule has 0 unspecified atom stereocenters. The van der Waals surface area contributed by atoms with Crippen molar-refractivity contribution in [2.45, 2.75) is 39.2 Å². The molecule has 6 heteroatoms. The fourth-order valence-corrected chi connectivity index (χ4v) is 4.07. The van der Waals surface area contributed by atoms with Crippen LogP contribution in [0.15, 0.2) is 30.3 Å². The number of piperazine rings is 1. The predicted octanol–water partition coefficient (Wildman–Crippen LogP) is 2.58. The van der Waals surface area contributed by atoms with E-state index in [9.17, 15) is 9.59 Å². The molecule has 1 aromatic heterocycles. The Morgan fingerprint density at radius 1 is 0.889 bits per heavy atom. The monoisotopic (exact) mass is 366 g/mol. The molecule has 142 valence electrons. The number of amides is 2. The molecule has 4 rings (SSSR count). The first-order chi connectivity index (χ1) is 13.1. The van der Waals surface area contributed by atoms with Gasteiger partial charge < -0.3 is 14.4 Å².